The summed E-state index contributed by atoms with van der Waals surface area (Å²) in [5.74, 6) is -0.465. The number of likely N-dealkylation sites (N-methyl/N-ethyl adjacent to an activating group) is 1. The highest BCUT2D eigenvalue weighted by Crippen LogP contribution is 2.15. The molecule has 126 valence electrons. The summed E-state index contributed by atoms with van der Waals surface area (Å²) in [5, 5.41) is 12.9. The molecule has 7 nitrogen and oxygen atoms in total. The fraction of sp³-hybridized carbons (Fsp3) is 0.353. The quantitative estimate of drug-likeness (QED) is 0.743. The smallest absolute Gasteiger partial charge is 0.272 e. The average Bonchev–Trinajstić information content (AvgIpc) is 3.04. The SMILES string of the molecule is CN(Cc1ccccc1)C(=O)CNC(=O)c1n[nH]c2c1CNCC2. The number of fused-ring (bicyclic) bond motifs is 1. The number of aromatic amines is 1. The van der Waals surface area contributed by atoms with E-state index in [-0.39, 0.29) is 18.4 Å². The molecular weight excluding hydrogens is 306 g/mol. The Morgan fingerprint density at radius 2 is 2.08 bits per heavy atom. The summed E-state index contributed by atoms with van der Waals surface area (Å²) < 4.78 is 0. The van der Waals surface area contributed by atoms with Gasteiger partial charge in [0.2, 0.25) is 5.91 Å². The summed E-state index contributed by atoms with van der Waals surface area (Å²) in [5.41, 5.74) is 3.30. The predicted octanol–water partition coefficient (Wildman–Crippen LogP) is 0.444. The van der Waals surface area contributed by atoms with Gasteiger partial charge in [-0.3, -0.25) is 14.7 Å². The zero-order valence-corrected chi connectivity index (χ0v) is 13.6. The van der Waals surface area contributed by atoms with Crippen LogP contribution in [0.15, 0.2) is 30.3 Å². The third kappa shape index (κ3) is 3.62. The first kappa shape index (κ1) is 16.2. The second-order valence-corrected chi connectivity index (χ2v) is 5.87. The number of hydrogen-bond donors (Lipinski definition) is 3. The van der Waals surface area contributed by atoms with E-state index in [0.29, 0.717) is 18.8 Å². The summed E-state index contributed by atoms with van der Waals surface area (Å²) in [7, 11) is 1.72. The number of nitrogens with one attached hydrogen (secondary N) is 3. The second kappa shape index (κ2) is 7.27. The van der Waals surface area contributed by atoms with Crippen molar-refractivity contribution in [2.45, 2.75) is 19.5 Å². The van der Waals surface area contributed by atoms with E-state index in [1.165, 1.54) is 0 Å². The maximum atomic E-state index is 12.3. The van der Waals surface area contributed by atoms with Gasteiger partial charge in [0.05, 0.1) is 6.54 Å². The van der Waals surface area contributed by atoms with Gasteiger partial charge in [0, 0.05) is 44.4 Å². The van der Waals surface area contributed by atoms with Crippen LogP contribution in [0.25, 0.3) is 0 Å². The number of benzene rings is 1. The number of aromatic nitrogens is 2. The molecule has 1 aliphatic heterocycles. The Labute approximate surface area is 140 Å². The summed E-state index contributed by atoms with van der Waals surface area (Å²) in [6, 6.07) is 9.73. The Kier molecular flexibility index (Phi) is 4.90. The van der Waals surface area contributed by atoms with Gasteiger partial charge in [0.1, 0.15) is 0 Å². The Morgan fingerprint density at radius 1 is 1.29 bits per heavy atom. The molecule has 0 radical (unpaired) electrons. The van der Waals surface area contributed by atoms with E-state index in [4.69, 9.17) is 0 Å². The van der Waals surface area contributed by atoms with E-state index in [1.807, 2.05) is 30.3 Å². The number of rotatable bonds is 5. The van der Waals surface area contributed by atoms with Crippen LogP contribution < -0.4 is 10.6 Å². The van der Waals surface area contributed by atoms with Crippen LogP contribution in [0.2, 0.25) is 0 Å². The maximum absolute atomic E-state index is 12.3. The molecular formula is C17H21N5O2. The van der Waals surface area contributed by atoms with Gasteiger partial charge in [-0.05, 0) is 5.56 Å². The first-order valence-corrected chi connectivity index (χ1v) is 7.98. The van der Waals surface area contributed by atoms with Crippen molar-refractivity contribution < 1.29 is 9.59 Å². The van der Waals surface area contributed by atoms with Gasteiger partial charge in [-0.2, -0.15) is 5.10 Å². The van der Waals surface area contributed by atoms with Gasteiger partial charge in [-0.1, -0.05) is 30.3 Å². The second-order valence-electron chi connectivity index (χ2n) is 5.87. The monoisotopic (exact) mass is 327 g/mol. The molecule has 2 aromatic rings. The lowest BCUT2D eigenvalue weighted by atomic mass is 10.1. The molecule has 1 aromatic heterocycles. The van der Waals surface area contributed by atoms with Crippen LogP contribution in [-0.2, 0) is 24.3 Å². The van der Waals surface area contributed by atoms with Crippen LogP contribution in [0.1, 0.15) is 27.3 Å². The molecule has 1 aliphatic rings. The molecule has 7 heteroatoms. The molecule has 0 aliphatic carbocycles. The molecule has 0 atom stereocenters. The topological polar surface area (TPSA) is 90.1 Å². The maximum Gasteiger partial charge on any atom is 0.272 e. The highest BCUT2D eigenvalue weighted by molar-refractivity contribution is 5.96. The van der Waals surface area contributed by atoms with Crippen LogP contribution in [0.4, 0.5) is 0 Å². The van der Waals surface area contributed by atoms with Gasteiger partial charge in [-0.15, -0.1) is 0 Å². The van der Waals surface area contributed by atoms with Crippen molar-refractivity contribution in [3.63, 3.8) is 0 Å². The molecule has 2 heterocycles. The van der Waals surface area contributed by atoms with Gasteiger partial charge in [0.15, 0.2) is 5.69 Å². The highest BCUT2D eigenvalue weighted by Gasteiger charge is 2.22. The molecule has 3 N–H and O–H groups in total. The lowest BCUT2D eigenvalue weighted by molar-refractivity contribution is -0.129. The van der Waals surface area contributed by atoms with Crippen LogP contribution in [0.3, 0.4) is 0 Å². The normalized spacial score (nSPS) is 13.2. The van der Waals surface area contributed by atoms with Gasteiger partial charge in [-0.25, -0.2) is 0 Å². The summed E-state index contributed by atoms with van der Waals surface area (Å²) >= 11 is 0. The van der Waals surface area contributed by atoms with E-state index in [9.17, 15) is 9.59 Å². The lowest BCUT2D eigenvalue weighted by Gasteiger charge is -2.17. The summed E-state index contributed by atoms with van der Waals surface area (Å²) in [6.07, 6.45) is 0.828. The number of carbonyl (C=O) groups is 2. The molecule has 0 spiro atoms. The van der Waals surface area contributed by atoms with Crippen molar-refractivity contribution in [1.29, 1.82) is 0 Å². The fourth-order valence-electron chi connectivity index (χ4n) is 2.73. The predicted molar refractivity (Wildman–Crippen MR) is 89.2 cm³/mol. The van der Waals surface area contributed by atoms with E-state index >= 15 is 0 Å². The van der Waals surface area contributed by atoms with E-state index in [2.05, 4.69) is 20.8 Å². The Balaban J connectivity index is 1.54. The lowest BCUT2D eigenvalue weighted by Crippen LogP contribution is -2.38. The molecule has 0 unspecified atom stereocenters. The Bertz CT molecular complexity index is 726. The Morgan fingerprint density at radius 3 is 2.88 bits per heavy atom. The van der Waals surface area contributed by atoms with Crippen LogP contribution in [-0.4, -0.2) is 47.0 Å². The minimum absolute atomic E-state index is 0.0444. The van der Waals surface area contributed by atoms with Crippen molar-refractivity contribution in [2.24, 2.45) is 0 Å². The third-order valence-corrected chi connectivity index (χ3v) is 4.11. The average molecular weight is 327 g/mol. The molecule has 0 saturated heterocycles. The van der Waals surface area contributed by atoms with Crippen LogP contribution >= 0.6 is 0 Å². The van der Waals surface area contributed by atoms with Crippen LogP contribution in [0.5, 0.6) is 0 Å². The number of nitrogens with zero attached hydrogens (tertiary/aromatic N) is 2. The Hall–Kier alpha value is -2.67. The fourth-order valence-corrected chi connectivity index (χ4v) is 2.73. The number of H-pyrrole nitrogens is 1. The van der Waals surface area contributed by atoms with Crippen molar-refractivity contribution >= 4 is 11.8 Å². The molecule has 24 heavy (non-hydrogen) atoms. The van der Waals surface area contributed by atoms with Gasteiger partial charge < -0.3 is 15.5 Å². The zero-order chi connectivity index (χ0) is 16.9. The molecule has 0 saturated carbocycles. The van der Waals surface area contributed by atoms with Crippen molar-refractivity contribution in [2.75, 3.05) is 20.1 Å². The summed E-state index contributed by atoms with van der Waals surface area (Å²) in [4.78, 5) is 26.0. The minimum Gasteiger partial charge on any atom is -0.342 e. The number of carbonyl (C=O) groups excluding carboxylic acids is 2. The molecule has 2 amide bonds. The number of amides is 2. The standard InChI is InChI=1S/C17H21N5O2/c1-22(11-12-5-3-2-4-6-12)15(23)10-19-17(24)16-13-9-18-8-7-14(13)20-21-16/h2-6,18H,7-11H2,1H3,(H,19,24)(H,20,21). The van der Waals surface area contributed by atoms with Crippen molar-refractivity contribution in [3.05, 3.63) is 52.8 Å². The summed E-state index contributed by atoms with van der Waals surface area (Å²) in [6.45, 7) is 1.96. The van der Waals surface area contributed by atoms with E-state index < -0.39 is 0 Å². The van der Waals surface area contributed by atoms with Crippen LogP contribution in [0, 0.1) is 0 Å². The molecule has 1 aromatic carbocycles. The molecule has 3 rings (SSSR count). The van der Waals surface area contributed by atoms with E-state index in [1.54, 1.807) is 11.9 Å². The minimum atomic E-state index is -0.322. The first-order valence-electron chi connectivity index (χ1n) is 7.98. The first-order chi connectivity index (χ1) is 11.6. The zero-order valence-electron chi connectivity index (χ0n) is 13.6. The van der Waals surface area contributed by atoms with Crippen molar-refractivity contribution in [1.82, 2.24) is 25.7 Å². The molecule has 0 fully saturated rings. The van der Waals surface area contributed by atoms with E-state index in [0.717, 1.165) is 29.8 Å². The number of hydrogen-bond acceptors (Lipinski definition) is 4. The largest absolute Gasteiger partial charge is 0.342 e. The van der Waals surface area contributed by atoms with Gasteiger partial charge in [0.25, 0.3) is 5.91 Å². The highest BCUT2D eigenvalue weighted by atomic mass is 16.2. The molecule has 0 bridgehead atoms. The van der Waals surface area contributed by atoms with Gasteiger partial charge >= 0.3 is 0 Å². The third-order valence-electron chi connectivity index (χ3n) is 4.11. The van der Waals surface area contributed by atoms with Crippen molar-refractivity contribution in [3.8, 4) is 0 Å².